The predicted octanol–water partition coefficient (Wildman–Crippen LogP) is 0.775. The van der Waals surface area contributed by atoms with Crippen LogP contribution in [0.4, 0.5) is 4.39 Å². The number of carbonyl (C=O) groups excluding carboxylic acids is 2. The minimum absolute atomic E-state index is 0.154. The van der Waals surface area contributed by atoms with Crippen LogP contribution in [0.1, 0.15) is 12.5 Å². The minimum atomic E-state index is -1.69. The number of nitrogens with zero attached hydrogens (tertiary/aromatic N) is 1. The van der Waals surface area contributed by atoms with Crippen molar-refractivity contribution in [3.8, 4) is 0 Å². The van der Waals surface area contributed by atoms with E-state index in [1.165, 1.54) is 35.7 Å². The van der Waals surface area contributed by atoms with Crippen LogP contribution in [0.2, 0.25) is 0 Å². The van der Waals surface area contributed by atoms with E-state index in [9.17, 15) is 23.9 Å². The second kappa shape index (κ2) is 6.35. The van der Waals surface area contributed by atoms with Crippen molar-refractivity contribution in [2.24, 2.45) is 0 Å². The van der Waals surface area contributed by atoms with Crippen molar-refractivity contribution in [1.29, 1.82) is 0 Å². The molecule has 8 heteroatoms. The van der Waals surface area contributed by atoms with E-state index in [2.05, 4.69) is 5.32 Å². The Labute approximate surface area is 130 Å². The van der Waals surface area contributed by atoms with E-state index in [0.717, 1.165) is 12.1 Å². The molecule has 1 aliphatic rings. The van der Waals surface area contributed by atoms with Crippen molar-refractivity contribution in [3.05, 3.63) is 35.6 Å². The smallest absolute Gasteiger partial charge is 0.333 e. The fourth-order valence-corrected chi connectivity index (χ4v) is 2.97. The molecular weight excluding hydrogens is 311 g/mol. The lowest BCUT2D eigenvalue weighted by Crippen LogP contribution is -2.52. The number of thioether (sulfide) groups is 1. The van der Waals surface area contributed by atoms with Gasteiger partial charge in [-0.15, -0.1) is 11.8 Å². The third kappa shape index (κ3) is 3.38. The summed E-state index contributed by atoms with van der Waals surface area (Å²) in [4.78, 5) is 36.4. The van der Waals surface area contributed by atoms with Gasteiger partial charge in [0.1, 0.15) is 12.4 Å². The monoisotopic (exact) mass is 326 g/mol. The normalized spacial score (nSPS) is 17.2. The van der Waals surface area contributed by atoms with Crippen LogP contribution >= 0.6 is 11.8 Å². The van der Waals surface area contributed by atoms with Crippen molar-refractivity contribution in [3.63, 3.8) is 0 Å². The fourth-order valence-electron chi connectivity index (χ4n) is 2.06. The zero-order valence-electron chi connectivity index (χ0n) is 11.8. The van der Waals surface area contributed by atoms with E-state index >= 15 is 0 Å². The van der Waals surface area contributed by atoms with Crippen molar-refractivity contribution >= 4 is 29.5 Å². The number of rotatable bonds is 5. The number of hydrogen-bond donors (Lipinski definition) is 2. The van der Waals surface area contributed by atoms with E-state index in [1.54, 1.807) is 0 Å². The molecule has 0 aliphatic carbocycles. The van der Waals surface area contributed by atoms with Crippen LogP contribution in [-0.2, 0) is 19.9 Å². The van der Waals surface area contributed by atoms with Crippen molar-refractivity contribution in [2.75, 3.05) is 18.2 Å². The van der Waals surface area contributed by atoms with Crippen LogP contribution in [-0.4, -0.2) is 46.0 Å². The molecule has 118 valence electrons. The summed E-state index contributed by atoms with van der Waals surface area (Å²) in [5.41, 5.74) is -1.45. The zero-order valence-corrected chi connectivity index (χ0v) is 12.7. The molecule has 0 radical (unpaired) electrons. The van der Waals surface area contributed by atoms with Crippen molar-refractivity contribution in [1.82, 2.24) is 10.2 Å². The number of carboxylic acid groups (broad SMARTS) is 1. The summed E-state index contributed by atoms with van der Waals surface area (Å²) in [5.74, 6) is -1.77. The summed E-state index contributed by atoms with van der Waals surface area (Å²) < 4.78 is 13.0. The van der Waals surface area contributed by atoms with Crippen molar-refractivity contribution < 1.29 is 23.9 Å². The number of benzene rings is 1. The fraction of sp³-hybridized carbons (Fsp3) is 0.357. The van der Waals surface area contributed by atoms with Crippen molar-refractivity contribution in [2.45, 2.75) is 12.5 Å². The number of hydrogen-bond acceptors (Lipinski definition) is 4. The summed E-state index contributed by atoms with van der Waals surface area (Å²) in [5, 5.41) is 11.8. The highest BCUT2D eigenvalue weighted by molar-refractivity contribution is 8.00. The van der Waals surface area contributed by atoms with Crippen LogP contribution in [0.25, 0.3) is 0 Å². The lowest BCUT2D eigenvalue weighted by molar-refractivity contribution is -0.147. The maximum absolute atomic E-state index is 13.0. The van der Waals surface area contributed by atoms with Gasteiger partial charge in [0.2, 0.25) is 11.8 Å². The zero-order chi connectivity index (χ0) is 16.3. The first kappa shape index (κ1) is 16.3. The molecule has 1 fully saturated rings. The van der Waals surface area contributed by atoms with E-state index in [1.807, 2.05) is 0 Å². The second-order valence-electron chi connectivity index (χ2n) is 5.05. The predicted molar refractivity (Wildman–Crippen MR) is 78.6 cm³/mol. The Morgan fingerprint density at radius 1 is 1.41 bits per heavy atom. The second-order valence-corrected chi connectivity index (χ2v) is 6.01. The van der Waals surface area contributed by atoms with E-state index in [-0.39, 0.29) is 18.0 Å². The Morgan fingerprint density at radius 3 is 2.55 bits per heavy atom. The summed E-state index contributed by atoms with van der Waals surface area (Å²) in [6.45, 7) is 1.12. The van der Waals surface area contributed by atoms with Gasteiger partial charge in [-0.2, -0.15) is 0 Å². The lowest BCUT2D eigenvalue weighted by atomic mass is 9.92. The number of halogens is 1. The molecule has 1 unspecified atom stereocenters. The Bertz CT molecular complexity index is 607. The van der Waals surface area contributed by atoms with Gasteiger partial charge in [-0.3, -0.25) is 9.59 Å². The van der Waals surface area contributed by atoms with Gasteiger partial charge >= 0.3 is 5.97 Å². The molecule has 1 heterocycles. The number of carbonyl (C=O) groups is 3. The highest BCUT2D eigenvalue weighted by atomic mass is 32.2. The highest BCUT2D eigenvalue weighted by Crippen LogP contribution is 2.22. The molecule has 2 amide bonds. The summed E-state index contributed by atoms with van der Waals surface area (Å²) >= 11 is 1.39. The first-order valence-corrected chi connectivity index (χ1v) is 7.64. The molecule has 0 spiro atoms. The van der Waals surface area contributed by atoms with Gasteiger partial charge in [-0.05, 0) is 24.6 Å². The quantitative estimate of drug-likeness (QED) is 0.835. The molecule has 1 saturated heterocycles. The SMILES string of the molecule is CC(NC(=O)CN1CSCC1=O)(C(=O)O)c1ccc(F)cc1. The maximum Gasteiger partial charge on any atom is 0.333 e. The Kier molecular flexibility index (Phi) is 4.70. The first-order chi connectivity index (χ1) is 10.3. The molecule has 1 aromatic carbocycles. The summed E-state index contributed by atoms with van der Waals surface area (Å²) in [6.07, 6.45) is 0. The van der Waals surface area contributed by atoms with Crippen LogP contribution in [0.3, 0.4) is 0 Å². The third-order valence-electron chi connectivity index (χ3n) is 3.40. The number of amides is 2. The van der Waals surface area contributed by atoms with Gasteiger partial charge in [0.05, 0.1) is 11.6 Å². The molecular formula is C14H15FN2O4S. The molecule has 0 aromatic heterocycles. The van der Waals surface area contributed by atoms with Gasteiger partial charge in [0.25, 0.3) is 0 Å². The molecule has 1 atom stereocenters. The average molecular weight is 326 g/mol. The topological polar surface area (TPSA) is 86.7 Å². The average Bonchev–Trinajstić information content (AvgIpc) is 2.84. The standard InChI is InChI=1S/C14H15FN2O4S/c1-14(13(20)21,9-2-4-10(15)5-3-9)16-11(18)6-17-8-22-7-12(17)19/h2-5H,6-8H2,1H3,(H,16,18)(H,20,21). The largest absolute Gasteiger partial charge is 0.479 e. The molecule has 0 saturated carbocycles. The van der Waals surface area contributed by atoms with E-state index in [4.69, 9.17) is 0 Å². The number of nitrogens with one attached hydrogen (secondary N) is 1. The number of aliphatic carboxylic acids is 1. The van der Waals surface area contributed by atoms with Gasteiger partial charge in [-0.1, -0.05) is 12.1 Å². The minimum Gasteiger partial charge on any atom is -0.479 e. The molecule has 0 bridgehead atoms. The molecule has 22 heavy (non-hydrogen) atoms. The summed E-state index contributed by atoms with van der Waals surface area (Å²) in [6, 6.07) is 4.87. The van der Waals surface area contributed by atoms with E-state index < -0.39 is 23.2 Å². The third-order valence-corrected chi connectivity index (χ3v) is 4.34. The van der Waals surface area contributed by atoms with Crippen LogP contribution in [0.15, 0.2) is 24.3 Å². The van der Waals surface area contributed by atoms with Crippen LogP contribution < -0.4 is 5.32 Å². The van der Waals surface area contributed by atoms with Gasteiger partial charge in [-0.25, -0.2) is 9.18 Å². The maximum atomic E-state index is 13.0. The van der Waals surface area contributed by atoms with E-state index in [0.29, 0.717) is 11.6 Å². The molecule has 2 N–H and O–H groups in total. The Balaban J connectivity index is 2.14. The Hall–Kier alpha value is -2.09. The number of carboxylic acids is 1. The molecule has 2 rings (SSSR count). The first-order valence-electron chi connectivity index (χ1n) is 6.49. The summed E-state index contributed by atoms with van der Waals surface area (Å²) in [7, 11) is 0. The van der Waals surface area contributed by atoms with Gasteiger partial charge < -0.3 is 15.3 Å². The van der Waals surface area contributed by atoms with Crippen LogP contribution in [0, 0.1) is 5.82 Å². The van der Waals surface area contributed by atoms with Crippen LogP contribution in [0.5, 0.6) is 0 Å². The van der Waals surface area contributed by atoms with Gasteiger partial charge in [0.15, 0.2) is 5.54 Å². The molecule has 1 aliphatic heterocycles. The Morgan fingerprint density at radius 2 is 2.05 bits per heavy atom. The van der Waals surface area contributed by atoms with Gasteiger partial charge in [0, 0.05) is 0 Å². The highest BCUT2D eigenvalue weighted by Gasteiger charge is 2.37. The lowest BCUT2D eigenvalue weighted by Gasteiger charge is -2.27. The molecule has 1 aromatic rings. The molecule has 6 nitrogen and oxygen atoms in total.